The Morgan fingerprint density at radius 2 is 1.78 bits per heavy atom. The summed E-state index contributed by atoms with van der Waals surface area (Å²) in [5.74, 6) is -0.248. The number of aliphatic hydroxyl groups excluding tert-OH is 3. The summed E-state index contributed by atoms with van der Waals surface area (Å²) in [6.07, 6.45) is -2.04. The molecule has 0 aromatic rings. The summed E-state index contributed by atoms with van der Waals surface area (Å²) in [6.45, 7) is 6.06. The highest BCUT2D eigenvalue weighted by Gasteiger charge is 2.29. The van der Waals surface area contributed by atoms with Gasteiger partial charge in [-0.25, -0.2) is 0 Å². The predicted molar refractivity (Wildman–Crippen MR) is 67.0 cm³/mol. The molecule has 4 N–H and O–H groups in total. The van der Waals surface area contributed by atoms with Gasteiger partial charge < -0.3 is 25.4 Å². The molecule has 0 aromatic heterocycles. The molecule has 0 spiro atoms. The van der Waals surface area contributed by atoms with Gasteiger partial charge in [0, 0.05) is 6.92 Å². The molecular weight excluding hydrogens is 238 g/mol. The zero-order chi connectivity index (χ0) is 14.3. The van der Waals surface area contributed by atoms with Gasteiger partial charge in [0.1, 0.15) is 6.10 Å². The average Bonchev–Trinajstić information content (AvgIpc) is 2.26. The van der Waals surface area contributed by atoms with Crippen molar-refractivity contribution in [1.29, 1.82) is 0 Å². The van der Waals surface area contributed by atoms with Crippen LogP contribution < -0.4 is 5.32 Å². The number of amides is 1. The summed E-state index contributed by atoms with van der Waals surface area (Å²) in [5.41, 5.74) is 0. The van der Waals surface area contributed by atoms with Gasteiger partial charge in [-0.1, -0.05) is 13.8 Å². The Hall–Kier alpha value is -0.690. The first-order chi connectivity index (χ1) is 8.33. The Balaban J connectivity index is 4.76. The summed E-state index contributed by atoms with van der Waals surface area (Å²) in [6, 6.07) is -0.560. The Kier molecular flexibility index (Phi) is 8.10. The molecule has 6 nitrogen and oxygen atoms in total. The molecule has 0 saturated carbocycles. The monoisotopic (exact) mass is 263 g/mol. The van der Waals surface area contributed by atoms with E-state index in [0.717, 1.165) is 0 Å². The Bertz CT molecular complexity index is 245. The number of nitrogens with one attached hydrogen (secondary N) is 1. The average molecular weight is 263 g/mol. The standard InChI is InChI=1S/C12H25NO5/c1-7(2)12(10(5-14)13-9(4)17)18-11(6-15)8(3)16/h7-8,10-12,14-16H,5-6H2,1-4H3,(H,13,17)/t8-,10-,11?,12?/m0/s1. The van der Waals surface area contributed by atoms with Crippen molar-refractivity contribution in [2.45, 2.75) is 52.0 Å². The van der Waals surface area contributed by atoms with Gasteiger partial charge >= 0.3 is 0 Å². The van der Waals surface area contributed by atoms with E-state index < -0.39 is 24.4 Å². The van der Waals surface area contributed by atoms with E-state index >= 15 is 0 Å². The first-order valence-electron chi connectivity index (χ1n) is 6.15. The fraction of sp³-hybridized carbons (Fsp3) is 0.917. The highest BCUT2D eigenvalue weighted by Crippen LogP contribution is 2.15. The van der Waals surface area contributed by atoms with Crippen molar-refractivity contribution in [1.82, 2.24) is 5.32 Å². The van der Waals surface area contributed by atoms with Crippen molar-refractivity contribution in [3.05, 3.63) is 0 Å². The quantitative estimate of drug-likeness (QED) is 0.462. The topological polar surface area (TPSA) is 99.0 Å². The minimum absolute atomic E-state index is 0.0156. The summed E-state index contributed by atoms with van der Waals surface area (Å²) < 4.78 is 5.60. The van der Waals surface area contributed by atoms with Crippen molar-refractivity contribution in [2.75, 3.05) is 13.2 Å². The molecule has 0 saturated heterocycles. The van der Waals surface area contributed by atoms with Crippen LogP contribution in [0.5, 0.6) is 0 Å². The molecule has 0 aliphatic carbocycles. The van der Waals surface area contributed by atoms with Crippen LogP contribution in [0.2, 0.25) is 0 Å². The lowest BCUT2D eigenvalue weighted by molar-refractivity contribution is -0.132. The fourth-order valence-corrected chi connectivity index (χ4v) is 1.72. The molecule has 1 amide bonds. The third kappa shape index (κ3) is 5.77. The molecule has 2 unspecified atom stereocenters. The van der Waals surface area contributed by atoms with Crippen LogP contribution in [-0.4, -0.2) is 58.8 Å². The van der Waals surface area contributed by atoms with Gasteiger partial charge in [0.15, 0.2) is 0 Å². The maximum Gasteiger partial charge on any atom is 0.217 e. The summed E-state index contributed by atoms with van der Waals surface area (Å²) in [7, 11) is 0. The number of hydrogen-bond donors (Lipinski definition) is 4. The first-order valence-corrected chi connectivity index (χ1v) is 6.15. The molecule has 18 heavy (non-hydrogen) atoms. The van der Waals surface area contributed by atoms with E-state index in [9.17, 15) is 15.0 Å². The lowest BCUT2D eigenvalue weighted by Gasteiger charge is -2.33. The third-order valence-electron chi connectivity index (χ3n) is 2.69. The lowest BCUT2D eigenvalue weighted by Crippen LogP contribution is -2.51. The number of hydrogen-bond acceptors (Lipinski definition) is 5. The number of carbonyl (C=O) groups excluding carboxylic acids is 1. The second kappa shape index (κ2) is 8.42. The molecule has 108 valence electrons. The van der Waals surface area contributed by atoms with Crippen LogP contribution in [0.4, 0.5) is 0 Å². The molecule has 0 aliphatic heterocycles. The molecule has 0 fully saturated rings. The smallest absolute Gasteiger partial charge is 0.217 e. The van der Waals surface area contributed by atoms with E-state index in [2.05, 4.69) is 5.32 Å². The molecule has 0 aliphatic rings. The van der Waals surface area contributed by atoms with Gasteiger partial charge in [-0.2, -0.15) is 0 Å². The molecular formula is C12H25NO5. The number of rotatable bonds is 8. The van der Waals surface area contributed by atoms with E-state index in [-0.39, 0.29) is 25.0 Å². The summed E-state index contributed by atoms with van der Waals surface area (Å²) in [4.78, 5) is 11.1. The van der Waals surface area contributed by atoms with Gasteiger partial charge in [-0.05, 0) is 12.8 Å². The van der Waals surface area contributed by atoms with Crippen LogP contribution in [0.15, 0.2) is 0 Å². The second-order valence-corrected chi connectivity index (χ2v) is 4.80. The zero-order valence-corrected chi connectivity index (χ0v) is 11.5. The van der Waals surface area contributed by atoms with Gasteiger partial charge in [0.25, 0.3) is 0 Å². The minimum atomic E-state index is -0.826. The van der Waals surface area contributed by atoms with E-state index in [1.807, 2.05) is 13.8 Å². The number of ether oxygens (including phenoxy) is 1. The Morgan fingerprint density at radius 1 is 1.22 bits per heavy atom. The number of carbonyl (C=O) groups is 1. The largest absolute Gasteiger partial charge is 0.394 e. The molecule has 0 aromatic carbocycles. The van der Waals surface area contributed by atoms with E-state index in [0.29, 0.717) is 0 Å². The Morgan fingerprint density at radius 3 is 2.06 bits per heavy atom. The van der Waals surface area contributed by atoms with Gasteiger partial charge in [-0.15, -0.1) is 0 Å². The minimum Gasteiger partial charge on any atom is -0.394 e. The van der Waals surface area contributed by atoms with Crippen LogP contribution in [0.25, 0.3) is 0 Å². The van der Waals surface area contributed by atoms with Crippen LogP contribution in [0, 0.1) is 5.92 Å². The lowest BCUT2D eigenvalue weighted by atomic mass is 9.99. The van der Waals surface area contributed by atoms with Gasteiger partial charge in [0.2, 0.25) is 5.91 Å². The Labute approximate surface area is 108 Å². The molecule has 4 atom stereocenters. The van der Waals surface area contributed by atoms with Crippen molar-refractivity contribution in [3.8, 4) is 0 Å². The highest BCUT2D eigenvalue weighted by atomic mass is 16.5. The highest BCUT2D eigenvalue weighted by molar-refractivity contribution is 5.73. The number of aliphatic hydroxyl groups is 3. The van der Waals surface area contributed by atoms with Crippen LogP contribution in [0.1, 0.15) is 27.7 Å². The van der Waals surface area contributed by atoms with Crippen LogP contribution >= 0.6 is 0 Å². The molecule has 6 heteroatoms. The van der Waals surface area contributed by atoms with Crippen molar-refractivity contribution in [3.63, 3.8) is 0 Å². The van der Waals surface area contributed by atoms with E-state index in [4.69, 9.17) is 9.84 Å². The molecule has 0 rings (SSSR count). The summed E-state index contributed by atoms with van der Waals surface area (Å²) >= 11 is 0. The third-order valence-corrected chi connectivity index (χ3v) is 2.69. The van der Waals surface area contributed by atoms with Crippen molar-refractivity contribution >= 4 is 5.91 Å². The maximum atomic E-state index is 11.1. The summed E-state index contributed by atoms with van der Waals surface area (Å²) in [5, 5.41) is 30.5. The zero-order valence-electron chi connectivity index (χ0n) is 11.5. The van der Waals surface area contributed by atoms with Crippen LogP contribution in [0.3, 0.4) is 0 Å². The molecule has 0 bridgehead atoms. The van der Waals surface area contributed by atoms with E-state index in [1.54, 1.807) is 0 Å². The molecule has 0 radical (unpaired) electrons. The SMILES string of the molecule is CC(=O)N[C@@H](CO)C(OC(CO)[C@H](C)O)C(C)C. The van der Waals surface area contributed by atoms with Gasteiger partial charge in [-0.3, -0.25) is 4.79 Å². The predicted octanol–water partition coefficient (Wildman–Crippen LogP) is -0.734. The maximum absolute atomic E-state index is 11.1. The molecule has 0 heterocycles. The van der Waals surface area contributed by atoms with Crippen LogP contribution in [-0.2, 0) is 9.53 Å². The van der Waals surface area contributed by atoms with Gasteiger partial charge in [0.05, 0.1) is 31.5 Å². The van der Waals surface area contributed by atoms with Crippen molar-refractivity contribution < 1.29 is 24.9 Å². The second-order valence-electron chi connectivity index (χ2n) is 4.80. The fourth-order valence-electron chi connectivity index (χ4n) is 1.72. The van der Waals surface area contributed by atoms with Crippen molar-refractivity contribution in [2.24, 2.45) is 5.92 Å². The normalized spacial score (nSPS) is 18.2. The first kappa shape index (κ1) is 17.3. The van der Waals surface area contributed by atoms with E-state index in [1.165, 1.54) is 13.8 Å².